The highest BCUT2D eigenvalue weighted by atomic mass is 15.1. The molecule has 64 valence electrons. The summed E-state index contributed by atoms with van der Waals surface area (Å²) in [5, 5.41) is 0. The molecule has 0 atom stereocenters. The van der Waals surface area contributed by atoms with Crippen molar-refractivity contribution in [1.82, 2.24) is 4.90 Å². The van der Waals surface area contributed by atoms with Gasteiger partial charge in [0, 0.05) is 19.6 Å². The molecule has 0 aromatic rings. The number of hydrogen-bond donors (Lipinski definition) is 1. The maximum Gasteiger partial charge on any atom is 0.0357 e. The molecule has 0 saturated carbocycles. The molecule has 0 radical (unpaired) electrons. The summed E-state index contributed by atoms with van der Waals surface area (Å²) in [5.74, 6) is 0. The molecule has 1 aliphatic heterocycles. The van der Waals surface area contributed by atoms with Gasteiger partial charge in [-0.3, -0.25) is 0 Å². The predicted molar refractivity (Wildman–Crippen MR) is 50.3 cm³/mol. The van der Waals surface area contributed by atoms with Gasteiger partial charge >= 0.3 is 0 Å². The topological polar surface area (TPSA) is 29.3 Å². The molecule has 0 spiro atoms. The van der Waals surface area contributed by atoms with Crippen LogP contribution in [0.1, 0.15) is 13.8 Å². The van der Waals surface area contributed by atoms with Crippen LogP contribution >= 0.6 is 0 Å². The van der Waals surface area contributed by atoms with Crippen molar-refractivity contribution in [2.45, 2.75) is 13.8 Å². The van der Waals surface area contributed by atoms with E-state index in [4.69, 9.17) is 5.73 Å². The Bertz CT molecular complexity index is 128. The lowest BCUT2D eigenvalue weighted by molar-refractivity contribution is 0.422. The van der Waals surface area contributed by atoms with Gasteiger partial charge in [0.15, 0.2) is 0 Å². The summed E-state index contributed by atoms with van der Waals surface area (Å²) >= 11 is 0. The minimum atomic E-state index is 0.734. The molecule has 1 aliphatic rings. The van der Waals surface area contributed by atoms with E-state index >= 15 is 0 Å². The van der Waals surface area contributed by atoms with Crippen LogP contribution < -0.4 is 5.73 Å². The first kappa shape index (κ1) is 10.2. The molecule has 11 heavy (non-hydrogen) atoms. The van der Waals surface area contributed by atoms with Crippen LogP contribution in [-0.2, 0) is 0 Å². The molecule has 0 aliphatic carbocycles. The van der Waals surface area contributed by atoms with E-state index < -0.39 is 0 Å². The average Bonchev–Trinajstić information content (AvgIpc) is 2.11. The molecule has 0 fully saturated rings. The first-order valence-electron chi connectivity index (χ1n) is 4.21. The van der Waals surface area contributed by atoms with E-state index in [0.29, 0.717) is 0 Å². The molecule has 0 saturated heterocycles. The highest BCUT2D eigenvalue weighted by molar-refractivity contribution is 5.08. The SMILES string of the molecule is CC.NCCN1C=CC=CC1. The van der Waals surface area contributed by atoms with Crippen molar-refractivity contribution in [3.05, 3.63) is 24.4 Å². The number of allylic oxidation sites excluding steroid dienone is 2. The molecule has 0 bridgehead atoms. The molecular formula is C9H18N2. The third kappa shape index (κ3) is 4.62. The molecule has 2 N–H and O–H groups in total. The van der Waals surface area contributed by atoms with Crippen LogP contribution in [0.15, 0.2) is 24.4 Å². The number of nitrogens with zero attached hydrogens (tertiary/aromatic N) is 1. The largest absolute Gasteiger partial charge is 0.372 e. The van der Waals surface area contributed by atoms with Gasteiger partial charge in [-0.25, -0.2) is 0 Å². The molecule has 2 nitrogen and oxygen atoms in total. The third-order valence-corrected chi connectivity index (χ3v) is 1.30. The molecular weight excluding hydrogens is 136 g/mol. The molecule has 0 aromatic carbocycles. The van der Waals surface area contributed by atoms with Gasteiger partial charge in [0.05, 0.1) is 0 Å². The van der Waals surface area contributed by atoms with Crippen LogP contribution in [0.3, 0.4) is 0 Å². The first-order valence-corrected chi connectivity index (χ1v) is 4.21. The van der Waals surface area contributed by atoms with E-state index in [9.17, 15) is 0 Å². The standard InChI is InChI=1S/C7H12N2.C2H6/c8-4-7-9-5-2-1-3-6-9;1-2/h1-3,5H,4,6-8H2;1-2H3. The van der Waals surface area contributed by atoms with E-state index in [-0.39, 0.29) is 0 Å². The summed E-state index contributed by atoms with van der Waals surface area (Å²) in [6.07, 6.45) is 8.26. The van der Waals surface area contributed by atoms with Crippen LogP contribution in [0.5, 0.6) is 0 Å². The Balaban J connectivity index is 0.000000461. The van der Waals surface area contributed by atoms with Crippen LogP contribution in [0, 0.1) is 0 Å². The summed E-state index contributed by atoms with van der Waals surface area (Å²) in [4.78, 5) is 2.18. The van der Waals surface area contributed by atoms with E-state index in [2.05, 4.69) is 17.2 Å². The molecule has 0 aromatic heterocycles. The van der Waals surface area contributed by atoms with Gasteiger partial charge in [-0.05, 0) is 12.3 Å². The van der Waals surface area contributed by atoms with E-state index in [1.807, 2.05) is 26.0 Å². The lowest BCUT2D eigenvalue weighted by Gasteiger charge is -2.18. The van der Waals surface area contributed by atoms with Gasteiger partial charge < -0.3 is 10.6 Å². The second kappa shape index (κ2) is 7.35. The number of hydrogen-bond acceptors (Lipinski definition) is 2. The highest BCUT2D eigenvalue weighted by Crippen LogP contribution is 1.95. The molecule has 2 heteroatoms. The van der Waals surface area contributed by atoms with E-state index in [1.54, 1.807) is 0 Å². The van der Waals surface area contributed by atoms with Gasteiger partial charge in [0.25, 0.3) is 0 Å². The highest BCUT2D eigenvalue weighted by Gasteiger charge is 1.94. The first-order chi connectivity index (χ1) is 5.43. The zero-order valence-electron chi connectivity index (χ0n) is 7.46. The lowest BCUT2D eigenvalue weighted by atomic mass is 10.3. The van der Waals surface area contributed by atoms with Crippen molar-refractivity contribution in [3.8, 4) is 0 Å². The Morgan fingerprint density at radius 3 is 2.55 bits per heavy atom. The lowest BCUT2D eigenvalue weighted by Crippen LogP contribution is -2.25. The van der Waals surface area contributed by atoms with Crippen molar-refractivity contribution in [3.63, 3.8) is 0 Å². The molecule has 0 amide bonds. The summed E-state index contributed by atoms with van der Waals surface area (Å²) in [7, 11) is 0. The second-order valence-corrected chi connectivity index (χ2v) is 2.05. The van der Waals surface area contributed by atoms with Gasteiger partial charge in [0.1, 0.15) is 0 Å². The fourth-order valence-electron chi connectivity index (χ4n) is 0.839. The second-order valence-electron chi connectivity index (χ2n) is 2.05. The van der Waals surface area contributed by atoms with Gasteiger partial charge in [0.2, 0.25) is 0 Å². The Hall–Kier alpha value is -0.760. The van der Waals surface area contributed by atoms with Gasteiger partial charge in [-0.1, -0.05) is 26.0 Å². The Kier molecular flexibility index (Phi) is 6.84. The quantitative estimate of drug-likeness (QED) is 0.650. The summed E-state index contributed by atoms with van der Waals surface area (Å²) in [6, 6.07) is 0. The van der Waals surface area contributed by atoms with Crippen molar-refractivity contribution in [2.75, 3.05) is 19.6 Å². The zero-order valence-corrected chi connectivity index (χ0v) is 7.46. The number of rotatable bonds is 2. The van der Waals surface area contributed by atoms with Gasteiger partial charge in [-0.15, -0.1) is 0 Å². The molecule has 1 heterocycles. The van der Waals surface area contributed by atoms with Crippen molar-refractivity contribution in [2.24, 2.45) is 5.73 Å². The van der Waals surface area contributed by atoms with Crippen LogP contribution in [0.2, 0.25) is 0 Å². The average molecular weight is 154 g/mol. The monoisotopic (exact) mass is 154 g/mol. The smallest absolute Gasteiger partial charge is 0.0357 e. The zero-order chi connectivity index (χ0) is 8.53. The van der Waals surface area contributed by atoms with Crippen LogP contribution in [0.4, 0.5) is 0 Å². The summed E-state index contributed by atoms with van der Waals surface area (Å²) < 4.78 is 0. The van der Waals surface area contributed by atoms with Crippen LogP contribution in [-0.4, -0.2) is 24.5 Å². The normalized spacial score (nSPS) is 14.3. The minimum Gasteiger partial charge on any atom is -0.372 e. The maximum absolute atomic E-state index is 5.36. The van der Waals surface area contributed by atoms with E-state index in [1.165, 1.54) is 0 Å². The third-order valence-electron chi connectivity index (χ3n) is 1.30. The summed E-state index contributed by atoms with van der Waals surface area (Å²) in [5.41, 5.74) is 5.36. The molecule has 0 unspecified atom stereocenters. The van der Waals surface area contributed by atoms with Gasteiger partial charge in [-0.2, -0.15) is 0 Å². The summed E-state index contributed by atoms with van der Waals surface area (Å²) in [6.45, 7) is 6.70. The minimum absolute atomic E-state index is 0.734. The Morgan fingerprint density at radius 2 is 2.09 bits per heavy atom. The predicted octanol–water partition coefficient (Wildman–Crippen LogP) is 1.36. The Morgan fingerprint density at radius 1 is 1.36 bits per heavy atom. The maximum atomic E-state index is 5.36. The Labute approximate surface area is 69.4 Å². The fourth-order valence-corrected chi connectivity index (χ4v) is 0.839. The van der Waals surface area contributed by atoms with Crippen molar-refractivity contribution in [1.29, 1.82) is 0 Å². The van der Waals surface area contributed by atoms with Crippen molar-refractivity contribution < 1.29 is 0 Å². The number of nitrogens with two attached hydrogens (primary N) is 1. The van der Waals surface area contributed by atoms with E-state index in [0.717, 1.165) is 19.6 Å². The van der Waals surface area contributed by atoms with Crippen LogP contribution in [0.25, 0.3) is 0 Å². The van der Waals surface area contributed by atoms with Crippen molar-refractivity contribution >= 4 is 0 Å². The fraction of sp³-hybridized carbons (Fsp3) is 0.556. The molecule has 1 rings (SSSR count).